The molecule has 7 heteroatoms. The van der Waals surface area contributed by atoms with Gasteiger partial charge in [-0.2, -0.15) is 0 Å². The number of ether oxygens (including phenoxy) is 2. The number of thiazole rings is 1. The van der Waals surface area contributed by atoms with Crippen LogP contribution < -0.4 is 9.80 Å². The molecule has 2 fully saturated rings. The fourth-order valence-electron chi connectivity index (χ4n) is 3.23. The minimum Gasteiger partial charge on any atom is -0.376 e. The summed E-state index contributed by atoms with van der Waals surface area (Å²) in [6.07, 6.45) is 5.57. The molecule has 4 heterocycles. The molecule has 2 aliphatic rings. The van der Waals surface area contributed by atoms with Gasteiger partial charge in [0.05, 0.1) is 44.8 Å². The number of morpholine rings is 1. The first-order chi connectivity index (χ1) is 11.3. The van der Waals surface area contributed by atoms with Crippen molar-refractivity contribution >= 4 is 22.2 Å². The summed E-state index contributed by atoms with van der Waals surface area (Å²) in [5, 5.41) is 3.05. The Morgan fingerprint density at radius 2 is 2.04 bits per heavy atom. The van der Waals surface area contributed by atoms with Crippen molar-refractivity contribution in [3.63, 3.8) is 0 Å². The first-order valence-electron chi connectivity index (χ1n) is 7.86. The lowest BCUT2D eigenvalue weighted by Crippen LogP contribution is -2.59. The number of hydrogen-bond acceptors (Lipinski definition) is 7. The molecule has 6 nitrogen and oxygen atoms in total. The zero-order valence-electron chi connectivity index (χ0n) is 12.9. The Morgan fingerprint density at radius 1 is 1.13 bits per heavy atom. The molecule has 0 radical (unpaired) electrons. The molecule has 0 aromatic carbocycles. The van der Waals surface area contributed by atoms with E-state index in [0.29, 0.717) is 19.8 Å². The Morgan fingerprint density at radius 3 is 2.87 bits per heavy atom. The molecule has 2 aromatic rings. The van der Waals surface area contributed by atoms with Crippen molar-refractivity contribution in [1.82, 2.24) is 9.97 Å². The van der Waals surface area contributed by atoms with Crippen LogP contribution in [-0.4, -0.2) is 61.6 Å². The Hall–Kier alpha value is -1.70. The average Bonchev–Trinajstić information content (AvgIpc) is 3.06. The maximum Gasteiger partial charge on any atom is 0.185 e. The van der Waals surface area contributed by atoms with E-state index < -0.39 is 0 Å². The van der Waals surface area contributed by atoms with Crippen molar-refractivity contribution in [3.8, 4) is 0 Å². The van der Waals surface area contributed by atoms with Gasteiger partial charge < -0.3 is 19.3 Å². The fourth-order valence-corrected chi connectivity index (χ4v) is 3.90. The van der Waals surface area contributed by atoms with Crippen LogP contribution in [0.2, 0.25) is 0 Å². The van der Waals surface area contributed by atoms with Gasteiger partial charge in [-0.3, -0.25) is 4.98 Å². The summed E-state index contributed by atoms with van der Waals surface area (Å²) in [6, 6.07) is 4.07. The number of nitrogens with zero attached hydrogens (tertiary/aromatic N) is 4. The molecule has 0 bridgehead atoms. The van der Waals surface area contributed by atoms with E-state index in [1.54, 1.807) is 17.5 Å². The molecular formula is C16H20N4O2S. The lowest BCUT2D eigenvalue weighted by Gasteiger charge is -2.44. The van der Waals surface area contributed by atoms with Crippen LogP contribution in [0.4, 0.5) is 10.8 Å². The van der Waals surface area contributed by atoms with E-state index in [4.69, 9.17) is 9.47 Å². The molecule has 2 saturated heterocycles. The summed E-state index contributed by atoms with van der Waals surface area (Å²) < 4.78 is 12.1. The van der Waals surface area contributed by atoms with Crippen LogP contribution in [0.15, 0.2) is 36.1 Å². The molecule has 0 aliphatic carbocycles. The first-order valence-corrected chi connectivity index (χ1v) is 8.74. The predicted octanol–water partition coefficient (Wildman–Crippen LogP) is 1.65. The maximum atomic E-state index is 6.21. The predicted molar refractivity (Wildman–Crippen MR) is 90.3 cm³/mol. The zero-order chi connectivity index (χ0) is 15.5. The van der Waals surface area contributed by atoms with E-state index >= 15 is 0 Å². The Kier molecular flexibility index (Phi) is 4.15. The molecule has 0 saturated carbocycles. The third-order valence-electron chi connectivity index (χ3n) is 4.30. The van der Waals surface area contributed by atoms with Gasteiger partial charge in [0.1, 0.15) is 5.60 Å². The van der Waals surface area contributed by atoms with E-state index in [2.05, 4.69) is 25.8 Å². The van der Waals surface area contributed by atoms with E-state index in [1.165, 1.54) is 0 Å². The molecule has 1 spiro atoms. The van der Waals surface area contributed by atoms with Crippen molar-refractivity contribution in [2.75, 3.05) is 55.8 Å². The highest BCUT2D eigenvalue weighted by Gasteiger charge is 2.41. The summed E-state index contributed by atoms with van der Waals surface area (Å²) in [4.78, 5) is 13.3. The molecule has 23 heavy (non-hydrogen) atoms. The third-order valence-corrected chi connectivity index (χ3v) is 5.13. The van der Waals surface area contributed by atoms with Crippen LogP contribution in [0.25, 0.3) is 0 Å². The van der Waals surface area contributed by atoms with Gasteiger partial charge in [0.15, 0.2) is 5.13 Å². The highest BCUT2D eigenvalue weighted by atomic mass is 32.1. The average molecular weight is 332 g/mol. The van der Waals surface area contributed by atoms with Crippen molar-refractivity contribution < 1.29 is 9.47 Å². The molecular weight excluding hydrogens is 312 g/mol. The highest BCUT2D eigenvalue weighted by molar-refractivity contribution is 7.13. The maximum absolute atomic E-state index is 6.21. The lowest BCUT2D eigenvalue weighted by atomic mass is 10.0. The normalized spacial score (nSPS) is 25.6. The van der Waals surface area contributed by atoms with E-state index in [1.807, 2.05) is 23.8 Å². The number of pyridine rings is 1. The summed E-state index contributed by atoms with van der Waals surface area (Å²) in [6.45, 7) is 5.36. The summed E-state index contributed by atoms with van der Waals surface area (Å²) >= 11 is 1.66. The van der Waals surface area contributed by atoms with Gasteiger partial charge in [0.25, 0.3) is 0 Å². The Bertz CT molecular complexity index is 624. The lowest BCUT2D eigenvalue weighted by molar-refractivity contribution is -0.0896. The summed E-state index contributed by atoms with van der Waals surface area (Å²) in [7, 11) is 0. The minimum absolute atomic E-state index is 0.323. The number of anilines is 2. The van der Waals surface area contributed by atoms with Crippen molar-refractivity contribution in [1.29, 1.82) is 0 Å². The van der Waals surface area contributed by atoms with Gasteiger partial charge in [-0.15, -0.1) is 11.3 Å². The van der Waals surface area contributed by atoms with Crippen LogP contribution in [0, 0.1) is 0 Å². The van der Waals surface area contributed by atoms with Crippen molar-refractivity contribution in [3.05, 3.63) is 36.1 Å². The Labute approximate surface area is 139 Å². The summed E-state index contributed by atoms with van der Waals surface area (Å²) in [5.41, 5.74) is 0.816. The molecule has 0 N–H and O–H groups in total. The first kappa shape index (κ1) is 14.9. The smallest absolute Gasteiger partial charge is 0.185 e. The Balaban J connectivity index is 1.55. The fraction of sp³-hybridized carbons (Fsp3) is 0.500. The number of hydrogen-bond donors (Lipinski definition) is 0. The molecule has 1 atom stereocenters. The van der Waals surface area contributed by atoms with Gasteiger partial charge in [-0.1, -0.05) is 0 Å². The van der Waals surface area contributed by atoms with E-state index in [0.717, 1.165) is 37.0 Å². The van der Waals surface area contributed by atoms with Gasteiger partial charge in [0, 0.05) is 30.9 Å². The van der Waals surface area contributed by atoms with Crippen LogP contribution in [0.3, 0.4) is 0 Å². The molecule has 2 aromatic heterocycles. The van der Waals surface area contributed by atoms with Gasteiger partial charge in [-0.05, 0) is 12.1 Å². The van der Waals surface area contributed by atoms with Crippen molar-refractivity contribution in [2.45, 2.75) is 5.60 Å². The van der Waals surface area contributed by atoms with Gasteiger partial charge in [0.2, 0.25) is 0 Å². The molecule has 0 amide bonds. The quantitative estimate of drug-likeness (QED) is 0.833. The molecule has 122 valence electrons. The third kappa shape index (κ3) is 3.17. The minimum atomic E-state index is -0.323. The second-order valence-corrected chi connectivity index (χ2v) is 6.83. The van der Waals surface area contributed by atoms with Gasteiger partial charge >= 0.3 is 0 Å². The molecule has 4 rings (SSSR count). The van der Waals surface area contributed by atoms with Crippen LogP contribution in [0.5, 0.6) is 0 Å². The highest BCUT2D eigenvalue weighted by Crippen LogP contribution is 2.28. The second-order valence-electron chi connectivity index (χ2n) is 5.95. The second kappa shape index (κ2) is 6.43. The summed E-state index contributed by atoms with van der Waals surface area (Å²) in [5.74, 6) is 0. The molecule has 2 aliphatic heterocycles. The number of rotatable bonds is 2. The van der Waals surface area contributed by atoms with E-state index in [-0.39, 0.29) is 5.60 Å². The number of aromatic nitrogens is 2. The topological polar surface area (TPSA) is 50.7 Å². The van der Waals surface area contributed by atoms with Crippen LogP contribution >= 0.6 is 11.3 Å². The van der Waals surface area contributed by atoms with Crippen LogP contribution in [-0.2, 0) is 9.47 Å². The monoisotopic (exact) mass is 332 g/mol. The van der Waals surface area contributed by atoms with Gasteiger partial charge in [-0.25, -0.2) is 4.98 Å². The zero-order valence-corrected chi connectivity index (χ0v) is 13.7. The van der Waals surface area contributed by atoms with Crippen LogP contribution in [0.1, 0.15) is 0 Å². The molecule has 1 unspecified atom stereocenters. The standard InChI is InChI=1S/C16H20N4O2S/c1-2-14(10-17-3-1)19-6-8-22-16(11-19)12-20(5-7-21-13-16)15-18-4-9-23-15/h1-4,9-10H,5-8,11-13H2. The largest absolute Gasteiger partial charge is 0.376 e. The van der Waals surface area contributed by atoms with Crippen molar-refractivity contribution in [2.24, 2.45) is 0 Å². The SMILES string of the molecule is c1cncc(N2CCOC3(COCCN(c4nccs4)C3)C2)c1. The van der Waals surface area contributed by atoms with E-state index in [9.17, 15) is 0 Å².